The molecule has 2 rings (SSSR count). The third-order valence-corrected chi connectivity index (χ3v) is 3.65. The van der Waals surface area contributed by atoms with E-state index in [2.05, 4.69) is 10.3 Å². The molecule has 1 heterocycles. The molecule has 1 amide bonds. The number of carbonyl (C=O) groups is 1. The van der Waals surface area contributed by atoms with Gasteiger partial charge in [0.1, 0.15) is 0 Å². The number of hydrogen-bond acceptors (Lipinski definition) is 3. The smallest absolute Gasteiger partial charge is 0.223 e. The van der Waals surface area contributed by atoms with Crippen LogP contribution >= 0.6 is 0 Å². The number of rotatable bonds is 3. The van der Waals surface area contributed by atoms with Crippen LogP contribution in [0.3, 0.4) is 0 Å². The zero-order chi connectivity index (χ0) is 13.0. The Morgan fingerprint density at radius 1 is 1.44 bits per heavy atom. The van der Waals surface area contributed by atoms with Crippen molar-refractivity contribution in [1.29, 1.82) is 0 Å². The van der Waals surface area contributed by atoms with E-state index in [1.54, 1.807) is 12.4 Å². The van der Waals surface area contributed by atoms with Crippen LogP contribution < -0.4 is 11.1 Å². The molecular weight excluding hydrogens is 226 g/mol. The van der Waals surface area contributed by atoms with Gasteiger partial charge in [-0.1, -0.05) is 6.42 Å². The van der Waals surface area contributed by atoms with E-state index in [1.165, 1.54) is 0 Å². The fraction of sp³-hybridized carbons (Fsp3) is 0.571. The summed E-state index contributed by atoms with van der Waals surface area (Å²) in [5.74, 6) is 0.215. The Morgan fingerprint density at radius 2 is 2.17 bits per heavy atom. The van der Waals surface area contributed by atoms with Crippen LogP contribution in [0.25, 0.3) is 0 Å². The van der Waals surface area contributed by atoms with Crippen LogP contribution in [0.1, 0.15) is 44.2 Å². The second-order valence-corrected chi connectivity index (χ2v) is 5.13. The molecule has 3 atom stereocenters. The molecule has 0 saturated heterocycles. The molecule has 98 valence electrons. The molecule has 4 nitrogen and oxygen atoms in total. The van der Waals surface area contributed by atoms with Crippen LogP contribution in [0.4, 0.5) is 0 Å². The number of hydrogen-bond donors (Lipinski definition) is 2. The molecule has 0 aromatic carbocycles. The summed E-state index contributed by atoms with van der Waals surface area (Å²) < 4.78 is 0. The standard InChI is InChI=1S/C14H21N3O/c1-10(11-5-7-16-8-6-11)17-14(18)12-3-2-4-13(15)9-12/h5-8,10,12-13H,2-4,9,15H2,1H3,(H,17,18)/t10-,12?,13?/m0/s1. The first kappa shape index (κ1) is 13.0. The van der Waals surface area contributed by atoms with Crippen molar-refractivity contribution in [2.24, 2.45) is 11.7 Å². The predicted molar refractivity (Wildman–Crippen MR) is 70.7 cm³/mol. The Balaban J connectivity index is 1.91. The number of amides is 1. The lowest BCUT2D eigenvalue weighted by Gasteiger charge is -2.27. The largest absolute Gasteiger partial charge is 0.349 e. The number of carbonyl (C=O) groups excluding carboxylic acids is 1. The second-order valence-electron chi connectivity index (χ2n) is 5.13. The van der Waals surface area contributed by atoms with E-state index in [-0.39, 0.29) is 23.9 Å². The fourth-order valence-corrected chi connectivity index (χ4v) is 2.53. The maximum Gasteiger partial charge on any atom is 0.223 e. The van der Waals surface area contributed by atoms with Gasteiger partial charge in [0.25, 0.3) is 0 Å². The lowest BCUT2D eigenvalue weighted by Crippen LogP contribution is -2.38. The summed E-state index contributed by atoms with van der Waals surface area (Å²) in [6.07, 6.45) is 7.37. The monoisotopic (exact) mass is 247 g/mol. The van der Waals surface area contributed by atoms with Crippen molar-refractivity contribution in [2.75, 3.05) is 0 Å². The van der Waals surface area contributed by atoms with E-state index in [0.29, 0.717) is 0 Å². The number of pyridine rings is 1. The van der Waals surface area contributed by atoms with Gasteiger partial charge in [-0.3, -0.25) is 9.78 Å². The molecule has 3 N–H and O–H groups in total. The Kier molecular flexibility index (Phi) is 4.31. The molecule has 1 aromatic rings. The number of nitrogens with zero attached hydrogens (tertiary/aromatic N) is 1. The highest BCUT2D eigenvalue weighted by molar-refractivity contribution is 5.79. The van der Waals surface area contributed by atoms with Crippen molar-refractivity contribution in [2.45, 2.75) is 44.7 Å². The zero-order valence-electron chi connectivity index (χ0n) is 10.8. The highest BCUT2D eigenvalue weighted by atomic mass is 16.1. The Hall–Kier alpha value is -1.42. The number of nitrogens with two attached hydrogens (primary N) is 1. The molecule has 1 aliphatic carbocycles. The van der Waals surface area contributed by atoms with Crippen molar-refractivity contribution in [3.8, 4) is 0 Å². The summed E-state index contributed by atoms with van der Waals surface area (Å²) >= 11 is 0. The maximum atomic E-state index is 12.1. The molecule has 1 aromatic heterocycles. The van der Waals surface area contributed by atoms with Crippen molar-refractivity contribution in [3.05, 3.63) is 30.1 Å². The van der Waals surface area contributed by atoms with E-state index in [0.717, 1.165) is 31.2 Å². The fourth-order valence-electron chi connectivity index (χ4n) is 2.53. The number of nitrogens with one attached hydrogen (secondary N) is 1. The van der Waals surface area contributed by atoms with Gasteiger partial charge in [-0.25, -0.2) is 0 Å². The first-order valence-corrected chi connectivity index (χ1v) is 6.62. The van der Waals surface area contributed by atoms with Gasteiger partial charge in [0, 0.05) is 24.4 Å². The summed E-state index contributed by atoms with van der Waals surface area (Å²) in [7, 11) is 0. The van der Waals surface area contributed by atoms with Crippen molar-refractivity contribution in [3.63, 3.8) is 0 Å². The molecule has 0 aliphatic heterocycles. The minimum absolute atomic E-state index is 0.0265. The first-order chi connectivity index (χ1) is 8.66. The van der Waals surface area contributed by atoms with Gasteiger partial charge in [0.2, 0.25) is 5.91 Å². The van der Waals surface area contributed by atoms with Crippen molar-refractivity contribution < 1.29 is 4.79 Å². The summed E-state index contributed by atoms with van der Waals surface area (Å²) in [6, 6.07) is 4.07. The molecule has 1 fully saturated rings. The predicted octanol–water partition coefficient (Wildman–Crippen LogP) is 1.78. The molecule has 2 unspecified atom stereocenters. The van der Waals surface area contributed by atoms with Crippen LogP contribution in [-0.2, 0) is 4.79 Å². The number of aromatic nitrogens is 1. The van der Waals surface area contributed by atoms with Gasteiger partial charge in [0.15, 0.2) is 0 Å². The van der Waals surface area contributed by atoms with E-state index < -0.39 is 0 Å². The lowest BCUT2D eigenvalue weighted by molar-refractivity contribution is -0.126. The quantitative estimate of drug-likeness (QED) is 0.855. The van der Waals surface area contributed by atoms with Crippen LogP contribution in [0.15, 0.2) is 24.5 Å². The van der Waals surface area contributed by atoms with Crippen LogP contribution in [0, 0.1) is 5.92 Å². The zero-order valence-corrected chi connectivity index (χ0v) is 10.8. The van der Waals surface area contributed by atoms with Gasteiger partial charge < -0.3 is 11.1 Å². The minimum atomic E-state index is 0.0265. The molecule has 1 aliphatic rings. The van der Waals surface area contributed by atoms with E-state index in [1.807, 2.05) is 19.1 Å². The highest BCUT2D eigenvalue weighted by Crippen LogP contribution is 2.24. The molecule has 0 bridgehead atoms. The molecule has 0 radical (unpaired) electrons. The SMILES string of the molecule is C[C@H](NC(=O)C1CCCC(N)C1)c1ccncc1. The minimum Gasteiger partial charge on any atom is -0.349 e. The van der Waals surface area contributed by atoms with Gasteiger partial charge in [0.05, 0.1) is 6.04 Å². The van der Waals surface area contributed by atoms with Crippen LogP contribution in [0.5, 0.6) is 0 Å². The average molecular weight is 247 g/mol. The van der Waals surface area contributed by atoms with E-state index in [4.69, 9.17) is 5.73 Å². The Morgan fingerprint density at radius 3 is 2.83 bits per heavy atom. The Labute approximate surface area is 108 Å². The van der Waals surface area contributed by atoms with E-state index >= 15 is 0 Å². The lowest BCUT2D eigenvalue weighted by atomic mass is 9.85. The Bertz CT molecular complexity index is 393. The molecule has 18 heavy (non-hydrogen) atoms. The maximum absolute atomic E-state index is 12.1. The van der Waals surface area contributed by atoms with Gasteiger partial charge in [-0.2, -0.15) is 0 Å². The first-order valence-electron chi connectivity index (χ1n) is 6.62. The summed E-state index contributed by atoms with van der Waals surface area (Å²) in [6.45, 7) is 2.00. The molecule has 1 saturated carbocycles. The van der Waals surface area contributed by atoms with Crippen LogP contribution in [0.2, 0.25) is 0 Å². The third kappa shape index (κ3) is 3.29. The summed E-state index contributed by atoms with van der Waals surface area (Å²) in [5, 5.41) is 3.06. The normalized spacial score (nSPS) is 25.4. The highest BCUT2D eigenvalue weighted by Gasteiger charge is 2.26. The van der Waals surface area contributed by atoms with Crippen molar-refractivity contribution in [1.82, 2.24) is 10.3 Å². The van der Waals surface area contributed by atoms with Gasteiger partial charge in [-0.05, 0) is 43.9 Å². The third-order valence-electron chi connectivity index (χ3n) is 3.65. The summed E-state index contributed by atoms with van der Waals surface area (Å²) in [5.41, 5.74) is 7.00. The molecule has 4 heteroatoms. The molecular formula is C14H21N3O. The second kappa shape index (κ2) is 5.96. The average Bonchev–Trinajstić information content (AvgIpc) is 2.39. The van der Waals surface area contributed by atoms with Crippen LogP contribution in [-0.4, -0.2) is 16.9 Å². The topological polar surface area (TPSA) is 68.0 Å². The van der Waals surface area contributed by atoms with Gasteiger partial charge >= 0.3 is 0 Å². The van der Waals surface area contributed by atoms with E-state index in [9.17, 15) is 4.79 Å². The molecule has 0 spiro atoms. The van der Waals surface area contributed by atoms with Crippen molar-refractivity contribution >= 4 is 5.91 Å². The van der Waals surface area contributed by atoms with Gasteiger partial charge in [-0.15, -0.1) is 0 Å². The summed E-state index contributed by atoms with van der Waals surface area (Å²) in [4.78, 5) is 16.1.